The molecule has 1 heterocycles. The molecule has 1 aliphatic carbocycles. The summed E-state index contributed by atoms with van der Waals surface area (Å²) in [6, 6.07) is 16.9. The summed E-state index contributed by atoms with van der Waals surface area (Å²) in [5.74, 6) is 0. The first-order valence-corrected chi connectivity index (χ1v) is 10.2. The Labute approximate surface area is 170 Å². The maximum atomic E-state index is 6.18. The SMILES string of the molecule is NC1CCC(N(Cc2ccc(Cl)cc2)c2ccnc3cc(Cl)ccc23)CC1. The van der Waals surface area contributed by atoms with E-state index in [-0.39, 0.29) is 0 Å². The Morgan fingerprint density at radius 1 is 0.926 bits per heavy atom. The Morgan fingerprint density at radius 2 is 1.63 bits per heavy atom. The number of hydrogen-bond acceptors (Lipinski definition) is 3. The highest BCUT2D eigenvalue weighted by atomic mass is 35.5. The van der Waals surface area contributed by atoms with Crippen LogP contribution in [0, 0.1) is 0 Å². The molecule has 0 spiro atoms. The second-order valence-electron chi connectivity index (χ2n) is 7.31. The molecule has 140 valence electrons. The van der Waals surface area contributed by atoms with Gasteiger partial charge in [-0.05, 0) is 67.6 Å². The Bertz CT molecular complexity index is 918. The van der Waals surface area contributed by atoms with Crippen LogP contribution in [0.5, 0.6) is 0 Å². The van der Waals surface area contributed by atoms with Crippen LogP contribution in [0.2, 0.25) is 10.0 Å². The highest BCUT2D eigenvalue weighted by molar-refractivity contribution is 6.31. The van der Waals surface area contributed by atoms with Crippen molar-refractivity contribution in [1.29, 1.82) is 0 Å². The number of anilines is 1. The summed E-state index contributed by atoms with van der Waals surface area (Å²) in [7, 11) is 0. The molecule has 4 rings (SSSR count). The fraction of sp³-hybridized carbons (Fsp3) is 0.318. The molecule has 0 saturated heterocycles. The molecule has 1 saturated carbocycles. The third-order valence-corrected chi connectivity index (χ3v) is 5.93. The molecule has 0 aliphatic heterocycles. The van der Waals surface area contributed by atoms with Crippen LogP contribution >= 0.6 is 23.2 Å². The number of fused-ring (bicyclic) bond motifs is 1. The van der Waals surface area contributed by atoms with Gasteiger partial charge in [0.05, 0.1) is 5.52 Å². The number of rotatable bonds is 4. The van der Waals surface area contributed by atoms with Gasteiger partial charge >= 0.3 is 0 Å². The van der Waals surface area contributed by atoms with E-state index in [1.807, 2.05) is 30.5 Å². The summed E-state index contributed by atoms with van der Waals surface area (Å²) >= 11 is 12.3. The van der Waals surface area contributed by atoms with Gasteiger partial charge in [-0.1, -0.05) is 35.3 Å². The van der Waals surface area contributed by atoms with E-state index in [0.717, 1.165) is 48.2 Å². The average molecular weight is 400 g/mol. The van der Waals surface area contributed by atoms with E-state index in [4.69, 9.17) is 28.9 Å². The lowest BCUT2D eigenvalue weighted by atomic mass is 9.90. The third-order valence-electron chi connectivity index (χ3n) is 5.44. The highest BCUT2D eigenvalue weighted by Crippen LogP contribution is 2.34. The van der Waals surface area contributed by atoms with E-state index in [0.29, 0.717) is 17.1 Å². The molecular formula is C22H23Cl2N3. The van der Waals surface area contributed by atoms with E-state index in [9.17, 15) is 0 Å². The molecule has 0 atom stereocenters. The fourth-order valence-corrected chi connectivity index (χ4v) is 4.26. The number of nitrogens with zero attached hydrogens (tertiary/aromatic N) is 2. The van der Waals surface area contributed by atoms with Crippen LogP contribution in [0.4, 0.5) is 5.69 Å². The first kappa shape index (κ1) is 18.5. The van der Waals surface area contributed by atoms with Gasteiger partial charge in [0.25, 0.3) is 0 Å². The molecule has 0 radical (unpaired) electrons. The van der Waals surface area contributed by atoms with Gasteiger partial charge in [0.2, 0.25) is 0 Å². The van der Waals surface area contributed by atoms with Crippen molar-refractivity contribution in [2.75, 3.05) is 4.90 Å². The van der Waals surface area contributed by atoms with E-state index in [1.54, 1.807) is 0 Å². The van der Waals surface area contributed by atoms with E-state index < -0.39 is 0 Å². The van der Waals surface area contributed by atoms with Crippen LogP contribution in [-0.4, -0.2) is 17.1 Å². The lowest BCUT2D eigenvalue weighted by Gasteiger charge is -2.38. The number of aromatic nitrogens is 1. The van der Waals surface area contributed by atoms with Crippen LogP contribution in [0.25, 0.3) is 10.9 Å². The Balaban J connectivity index is 1.74. The summed E-state index contributed by atoms with van der Waals surface area (Å²) in [5, 5.41) is 2.60. The third kappa shape index (κ3) is 4.21. The second-order valence-corrected chi connectivity index (χ2v) is 8.19. The molecule has 3 nitrogen and oxygen atoms in total. The van der Waals surface area contributed by atoms with Gasteiger partial charge in [0, 0.05) is 45.9 Å². The molecule has 3 aromatic rings. The first-order valence-electron chi connectivity index (χ1n) is 9.41. The van der Waals surface area contributed by atoms with Crippen LogP contribution < -0.4 is 10.6 Å². The maximum Gasteiger partial charge on any atom is 0.0737 e. The van der Waals surface area contributed by atoms with Crippen molar-refractivity contribution < 1.29 is 0 Å². The summed E-state index contributed by atoms with van der Waals surface area (Å²) in [5.41, 5.74) is 9.52. The standard InChI is InChI=1S/C22H23Cl2N3/c23-16-3-1-15(2-4-16)14-27(19-8-6-18(25)7-9-19)22-11-12-26-21-13-17(24)5-10-20(21)22/h1-5,10-13,18-19H,6-9,14,25H2. The van der Waals surface area contributed by atoms with Gasteiger partial charge < -0.3 is 10.6 Å². The molecule has 5 heteroatoms. The van der Waals surface area contributed by atoms with Crippen molar-refractivity contribution >= 4 is 39.8 Å². The summed E-state index contributed by atoms with van der Waals surface area (Å²) in [6.07, 6.45) is 6.21. The molecule has 27 heavy (non-hydrogen) atoms. The molecule has 2 N–H and O–H groups in total. The van der Waals surface area contributed by atoms with E-state index in [1.165, 1.54) is 11.3 Å². The Morgan fingerprint density at radius 3 is 2.37 bits per heavy atom. The fourth-order valence-electron chi connectivity index (χ4n) is 3.97. The zero-order chi connectivity index (χ0) is 18.8. The van der Waals surface area contributed by atoms with Gasteiger partial charge in [-0.15, -0.1) is 0 Å². The quantitative estimate of drug-likeness (QED) is 0.600. The van der Waals surface area contributed by atoms with Gasteiger partial charge in [-0.3, -0.25) is 4.98 Å². The summed E-state index contributed by atoms with van der Waals surface area (Å²) in [4.78, 5) is 7.02. The number of halogens is 2. The predicted octanol–water partition coefficient (Wildman–Crippen LogP) is 5.82. The Kier molecular flexibility index (Phi) is 5.53. The van der Waals surface area contributed by atoms with E-state index in [2.05, 4.69) is 34.1 Å². The average Bonchev–Trinajstić information content (AvgIpc) is 2.68. The molecule has 0 bridgehead atoms. The molecule has 1 aliphatic rings. The van der Waals surface area contributed by atoms with Crippen LogP contribution in [-0.2, 0) is 6.54 Å². The van der Waals surface area contributed by atoms with Crippen molar-refractivity contribution in [1.82, 2.24) is 4.98 Å². The number of benzene rings is 2. The zero-order valence-corrected chi connectivity index (χ0v) is 16.6. The van der Waals surface area contributed by atoms with E-state index >= 15 is 0 Å². The summed E-state index contributed by atoms with van der Waals surface area (Å²) < 4.78 is 0. The maximum absolute atomic E-state index is 6.18. The van der Waals surface area contributed by atoms with Gasteiger partial charge in [0.1, 0.15) is 0 Å². The van der Waals surface area contributed by atoms with Gasteiger partial charge in [-0.25, -0.2) is 0 Å². The smallest absolute Gasteiger partial charge is 0.0737 e. The molecule has 0 amide bonds. The number of hydrogen-bond donors (Lipinski definition) is 1. The zero-order valence-electron chi connectivity index (χ0n) is 15.1. The number of nitrogens with two attached hydrogens (primary N) is 1. The first-order chi connectivity index (χ1) is 13.1. The minimum Gasteiger partial charge on any atom is -0.364 e. The van der Waals surface area contributed by atoms with Crippen molar-refractivity contribution in [3.8, 4) is 0 Å². The normalized spacial score (nSPS) is 20.0. The van der Waals surface area contributed by atoms with Crippen LogP contribution in [0.1, 0.15) is 31.2 Å². The topological polar surface area (TPSA) is 42.1 Å². The largest absolute Gasteiger partial charge is 0.364 e. The van der Waals surface area contributed by atoms with Crippen LogP contribution in [0.3, 0.4) is 0 Å². The van der Waals surface area contributed by atoms with Crippen molar-refractivity contribution in [2.45, 2.75) is 44.3 Å². The highest BCUT2D eigenvalue weighted by Gasteiger charge is 2.26. The summed E-state index contributed by atoms with van der Waals surface area (Å²) in [6.45, 7) is 0.832. The lowest BCUT2D eigenvalue weighted by Crippen LogP contribution is -2.40. The minimum absolute atomic E-state index is 0.326. The Hall–Kier alpha value is -1.81. The van der Waals surface area contributed by atoms with Crippen molar-refractivity contribution in [2.24, 2.45) is 5.73 Å². The van der Waals surface area contributed by atoms with Gasteiger partial charge in [0.15, 0.2) is 0 Å². The van der Waals surface area contributed by atoms with Crippen molar-refractivity contribution in [3.63, 3.8) is 0 Å². The number of pyridine rings is 1. The van der Waals surface area contributed by atoms with Crippen LogP contribution in [0.15, 0.2) is 54.7 Å². The molecular weight excluding hydrogens is 377 g/mol. The lowest BCUT2D eigenvalue weighted by molar-refractivity contribution is 0.375. The predicted molar refractivity (Wildman–Crippen MR) is 115 cm³/mol. The monoisotopic (exact) mass is 399 g/mol. The molecule has 1 aromatic heterocycles. The van der Waals surface area contributed by atoms with Crippen molar-refractivity contribution in [3.05, 3.63) is 70.3 Å². The van der Waals surface area contributed by atoms with Gasteiger partial charge in [-0.2, -0.15) is 0 Å². The molecule has 1 fully saturated rings. The molecule has 0 unspecified atom stereocenters. The minimum atomic E-state index is 0.326. The molecule has 2 aromatic carbocycles. The second kappa shape index (κ2) is 8.05.